The van der Waals surface area contributed by atoms with Gasteiger partial charge >= 0.3 is 6.01 Å². The maximum Gasteiger partial charge on any atom is 0.324 e. The second-order valence-electron chi connectivity index (χ2n) is 11.7. The number of likely N-dealkylation sites (N-methyl/N-ethyl adjacent to an activating group) is 1. The van der Waals surface area contributed by atoms with Gasteiger partial charge in [0, 0.05) is 43.6 Å². The number of aromatic nitrogens is 2. The smallest absolute Gasteiger partial charge is 0.324 e. The fraction of sp³-hybridized carbons (Fsp3) is 0.294. The highest BCUT2D eigenvalue weighted by Crippen LogP contribution is 2.40. The van der Waals surface area contributed by atoms with Gasteiger partial charge in [0.05, 0.1) is 5.52 Å². The predicted octanol–water partition coefficient (Wildman–Crippen LogP) is 5.88. The molecule has 2 saturated heterocycles. The first kappa shape index (κ1) is 24.6. The van der Waals surface area contributed by atoms with E-state index in [1.165, 1.54) is 11.1 Å². The van der Waals surface area contributed by atoms with Crippen molar-refractivity contribution in [2.24, 2.45) is 0 Å². The van der Waals surface area contributed by atoms with Crippen LogP contribution in [0, 0.1) is 0 Å². The molecule has 0 spiro atoms. The number of rotatable bonds is 4. The van der Waals surface area contributed by atoms with Crippen molar-refractivity contribution in [3.8, 4) is 28.6 Å². The molecule has 2 bridgehead atoms. The average molecular weight is 544 g/mol. The monoisotopic (exact) mass is 543 g/mol. The molecule has 4 heterocycles. The normalized spacial score (nSPS) is 20.5. The van der Waals surface area contributed by atoms with Gasteiger partial charge in [-0.1, -0.05) is 36.4 Å². The predicted molar refractivity (Wildman–Crippen MR) is 163 cm³/mol. The third-order valence-corrected chi connectivity index (χ3v) is 9.03. The number of aromatic hydroxyl groups is 1. The van der Waals surface area contributed by atoms with Crippen molar-refractivity contribution in [2.75, 3.05) is 31.6 Å². The van der Waals surface area contributed by atoms with E-state index in [4.69, 9.17) is 14.7 Å². The van der Waals surface area contributed by atoms with Crippen LogP contribution in [0.15, 0.2) is 72.8 Å². The Bertz CT molecular complexity index is 1790. The summed E-state index contributed by atoms with van der Waals surface area (Å²) in [4.78, 5) is 14.9. The number of piperazine rings is 1. The number of phenolic OH excluding ortho intramolecular Hbond substituents is 1. The molecule has 8 rings (SSSR count). The molecule has 4 aromatic carbocycles. The summed E-state index contributed by atoms with van der Waals surface area (Å²) in [5.41, 5.74) is 5.51. The molecule has 2 unspecified atom stereocenters. The summed E-state index contributed by atoms with van der Waals surface area (Å²) in [6.07, 6.45) is 3.33. The second kappa shape index (κ2) is 9.72. The van der Waals surface area contributed by atoms with E-state index in [1.807, 2.05) is 36.4 Å². The molecule has 0 amide bonds. The highest BCUT2D eigenvalue weighted by Gasteiger charge is 2.38. The molecule has 206 valence electrons. The maximum absolute atomic E-state index is 10.5. The third kappa shape index (κ3) is 4.36. The van der Waals surface area contributed by atoms with Crippen molar-refractivity contribution in [1.82, 2.24) is 20.2 Å². The standard InChI is InChI=1S/C34H33N5O2/c1-38-13-12-21-15-28(10-6-24(21)20-38)41-34-36-32-16-23(31-17-27(40)14-22-4-2-3-5-29(22)31)7-11-30(32)33(37-34)39-25-8-9-26(39)19-35-18-25/h2-7,10-11,14-17,25-26,35,40H,8-9,12-13,18-20H2,1H3. The molecule has 0 aliphatic carbocycles. The summed E-state index contributed by atoms with van der Waals surface area (Å²) < 4.78 is 6.42. The van der Waals surface area contributed by atoms with Crippen molar-refractivity contribution in [3.63, 3.8) is 0 Å². The van der Waals surface area contributed by atoms with Gasteiger partial charge in [-0.25, -0.2) is 0 Å². The van der Waals surface area contributed by atoms with E-state index in [1.54, 1.807) is 0 Å². The Morgan fingerprint density at radius 2 is 1.73 bits per heavy atom. The molecule has 3 aliphatic rings. The zero-order valence-electron chi connectivity index (χ0n) is 23.2. The lowest BCUT2D eigenvalue weighted by Gasteiger charge is -2.36. The Kier molecular flexibility index (Phi) is 5.83. The number of nitrogens with one attached hydrogen (secondary N) is 1. The van der Waals surface area contributed by atoms with Crippen LogP contribution in [-0.4, -0.2) is 58.7 Å². The molecule has 0 radical (unpaired) electrons. The van der Waals surface area contributed by atoms with Gasteiger partial charge in [-0.15, -0.1) is 0 Å². The van der Waals surface area contributed by atoms with Crippen LogP contribution in [0.2, 0.25) is 0 Å². The fourth-order valence-electron chi connectivity index (χ4n) is 7.00. The zero-order valence-corrected chi connectivity index (χ0v) is 23.2. The van der Waals surface area contributed by atoms with Gasteiger partial charge in [0.25, 0.3) is 0 Å². The summed E-state index contributed by atoms with van der Waals surface area (Å²) in [5.74, 6) is 1.98. The summed E-state index contributed by atoms with van der Waals surface area (Å²) in [5, 5.41) is 17.2. The summed E-state index contributed by atoms with van der Waals surface area (Å²) in [7, 11) is 2.16. The van der Waals surface area contributed by atoms with Gasteiger partial charge in [-0.05, 0) is 95.7 Å². The quantitative estimate of drug-likeness (QED) is 0.293. The number of phenols is 1. The molecule has 5 aromatic rings. The zero-order chi connectivity index (χ0) is 27.5. The molecular weight excluding hydrogens is 510 g/mol. The fourth-order valence-corrected chi connectivity index (χ4v) is 7.00. The molecular formula is C34H33N5O2. The minimum Gasteiger partial charge on any atom is -0.508 e. The van der Waals surface area contributed by atoms with Crippen LogP contribution in [-0.2, 0) is 13.0 Å². The van der Waals surface area contributed by atoms with Crippen LogP contribution < -0.4 is 15.0 Å². The Morgan fingerprint density at radius 1 is 0.878 bits per heavy atom. The van der Waals surface area contributed by atoms with Crippen molar-refractivity contribution in [2.45, 2.75) is 37.9 Å². The van der Waals surface area contributed by atoms with Crippen molar-refractivity contribution >= 4 is 27.5 Å². The average Bonchev–Trinajstić information content (AvgIpc) is 3.23. The van der Waals surface area contributed by atoms with Gasteiger partial charge in [0.15, 0.2) is 0 Å². The Hall–Kier alpha value is -4.20. The molecule has 3 aliphatic heterocycles. The number of benzene rings is 4. The van der Waals surface area contributed by atoms with Gasteiger partial charge in [0.2, 0.25) is 0 Å². The van der Waals surface area contributed by atoms with Crippen LogP contribution in [0.5, 0.6) is 17.5 Å². The Labute approximate surface area is 239 Å². The lowest BCUT2D eigenvalue weighted by Crippen LogP contribution is -2.52. The first-order valence-electron chi connectivity index (χ1n) is 14.6. The lowest BCUT2D eigenvalue weighted by molar-refractivity contribution is 0.312. The Morgan fingerprint density at radius 3 is 2.61 bits per heavy atom. The van der Waals surface area contributed by atoms with E-state index >= 15 is 0 Å². The minimum absolute atomic E-state index is 0.252. The molecule has 1 aromatic heterocycles. The molecule has 41 heavy (non-hydrogen) atoms. The highest BCUT2D eigenvalue weighted by molar-refractivity contribution is 6.01. The molecule has 2 atom stereocenters. The highest BCUT2D eigenvalue weighted by atomic mass is 16.5. The van der Waals surface area contributed by atoms with Gasteiger partial charge in [-0.3, -0.25) is 0 Å². The maximum atomic E-state index is 10.5. The van der Waals surface area contributed by atoms with Gasteiger partial charge in [0.1, 0.15) is 17.3 Å². The number of fused-ring (bicyclic) bond motifs is 5. The largest absolute Gasteiger partial charge is 0.508 e. The van der Waals surface area contributed by atoms with E-state index in [-0.39, 0.29) is 5.75 Å². The number of ether oxygens (including phenoxy) is 1. The van der Waals surface area contributed by atoms with Crippen LogP contribution >= 0.6 is 0 Å². The molecule has 2 N–H and O–H groups in total. The topological polar surface area (TPSA) is 73.8 Å². The summed E-state index contributed by atoms with van der Waals surface area (Å²) in [6, 6.07) is 25.7. The summed E-state index contributed by atoms with van der Waals surface area (Å²) in [6.45, 7) is 3.94. The van der Waals surface area contributed by atoms with Gasteiger partial charge in [-0.2, -0.15) is 9.97 Å². The number of nitrogens with zero attached hydrogens (tertiary/aromatic N) is 4. The van der Waals surface area contributed by atoms with Crippen molar-refractivity contribution in [3.05, 3.63) is 83.9 Å². The van der Waals surface area contributed by atoms with Crippen molar-refractivity contribution < 1.29 is 9.84 Å². The lowest BCUT2D eigenvalue weighted by atomic mass is 9.97. The van der Waals surface area contributed by atoms with Crippen molar-refractivity contribution in [1.29, 1.82) is 0 Å². The van der Waals surface area contributed by atoms with E-state index in [0.29, 0.717) is 18.1 Å². The number of hydrogen-bond acceptors (Lipinski definition) is 7. The van der Waals surface area contributed by atoms with Crippen LogP contribution in [0.1, 0.15) is 24.0 Å². The Balaban J connectivity index is 1.26. The third-order valence-electron chi connectivity index (χ3n) is 9.03. The second-order valence-corrected chi connectivity index (χ2v) is 11.7. The van der Waals surface area contributed by atoms with E-state index < -0.39 is 0 Å². The molecule has 2 fully saturated rings. The first-order valence-corrected chi connectivity index (χ1v) is 14.6. The minimum atomic E-state index is 0.252. The SMILES string of the molecule is CN1CCc2cc(Oc3nc(N4C5CCC4CNC5)c4ccc(-c5cc(O)cc6ccccc56)cc4n3)ccc2C1. The summed E-state index contributed by atoms with van der Waals surface area (Å²) >= 11 is 0. The first-order chi connectivity index (χ1) is 20.1. The van der Waals surface area contributed by atoms with E-state index in [9.17, 15) is 5.11 Å². The van der Waals surface area contributed by atoms with Gasteiger partial charge < -0.3 is 25.0 Å². The van der Waals surface area contributed by atoms with E-state index in [0.717, 1.165) is 89.8 Å². The van der Waals surface area contributed by atoms with Crippen LogP contribution in [0.3, 0.4) is 0 Å². The molecule has 7 heteroatoms. The molecule has 7 nitrogen and oxygen atoms in total. The molecule has 0 saturated carbocycles. The van der Waals surface area contributed by atoms with Crippen LogP contribution in [0.4, 0.5) is 5.82 Å². The number of hydrogen-bond donors (Lipinski definition) is 2. The van der Waals surface area contributed by atoms with E-state index in [2.05, 4.69) is 58.6 Å². The van der Waals surface area contributed by atoms with Crippen LogP contribution in [0.25, 0.3) is 32.8 Å². The number of anilines is 1.